The van der Waals surface area contributed by atoms with E-state index < -0.39 is 0 Å². The van der Waals surface area contributed by atoms with Gasteiger partial charge in [0.1, 0.15) is 0 Å². The summed E-state index contributed by atoms with van der Waals surface area (Å²) in [5, 5.41) is 3.46. The van der Waals surface area contributed by atoms with Crippen molar-refractivity contribution in [2.24, 2.45) is 0 Å². The third-order valence-electron chi connectivity index (χ3n) is 6.04. The number of hydrogen-bond donors (Lipinski definition) is 1. The maximum Gasteiger partial charge on any atom is 0.0443 e. The van der Waals surface area contributed by atoms with Gasteiger partial charge in [0.2, 0.25) is 0 Å². The van der Waals surface area contributed by atoms with Crippen LogP contribution in [0.1, 0.15) is 28.7 Å². The molecule has 5 rings (SSSR count). The standard InChI is InChI=1S/C25H26N2/c1-18-15-23(27-14-4-6-19-5-2-3-7-25(19)27)10-11-24(18)21-8-9-22-17-26-13-12-20(22)16-21/h2-3,5,7-11,15-16,26H,4,6,12-14,17H2,1H3. The Morgan fingerprint density at radius 1 is 0.852 bits per heavy atom. The zero-order valence-corrected chi connectivity index (χ0v) is 16.0. The molecule has 2 aliphatic rings. The Morgan fingerprint density at radius 2 is 1.78 bits per heavy atom. The van der Waals surface area contributed by atoms with Crippen molar-refractivity contribution in [1.82, 2.24) is 5.32 Å². The first kappa shape index (κ1) is 16.6. The summed E-state index contributed by atoms with van der Waals surface area (Å²) >= 11 is 0. The topological polar surface area (TPSA) is 15.3 Å². The largest absolute Gasteiger partial charge is 0.341 e. The van der Waals surface area contributed by atoms with Gasteiger partial charge >= 0.3 is 0 Å². The highest BCUT2D eigenvalue weighted by Gasteiger charge is 2.18. The zero-order valence-electron chi connectivity index (χ0n) is 16.0. The molecule has 27 heavy (non-hydrogen) atoms. The zero-order chi connectivity index (χ0) is 18.2. The van der Waals surface area contributed by atoms with Crippen LogP contribution < -0.4 is 10.2 Å². The normalized spacial score (nSPS) is 16.0. The van der Waals surface area contributed by atoms with E-state index in [-0.39, 0.29) is 0 Å². The molecular formula is C25H26N2. The number of nitrogens with zero attached hydrogens (tertiary/aromatic N) is 1. The number of nitrogens with one attached hydrogen (secondary N) is 1. The summed E-state index contributed by atoms with van der Waals surface area (Å²) in [5.74, 6) is 0. The monoisotopic (exact) mass is 354 g/mol. The highest BCUT2D eigenvalue weighted by Crippen LogP contribution is 2.36. The van der Waals surface area contributed by atoms with E-state index >= 15 is 0 Å². The van der Waals surface area contributed by atoms with E-state index in [1.165, 1.54) is 57.6 Å². The highest BCUT2D eigenvalue weighted by molar-refractivity contribution is 5.75. The molecule has 2 heteroatoms. The number of aryl methyl sites for hydroxylation is 2. The van der Waals surface area contributed by atoms with Crippen molar-refractivity contribution in [1.29, 1.82) is 0 Å². The summed E-state index contributed by atoms with van der Waals surface area (Å²) < 4.78 is 0. The van der Waals surface area contributed by atoms with Crippen LogP contribution in [0.25, 0.3) is 11.1 Å². The van der Waals surface area contributed by atoms with Gasteiger partial charge < -0.3 is 10.2 Å². The lowest BCUT2D eigenvalue weighted by Gasteiger charge is -2.32. The molecule has 2 nitrogen and oxygen atoms in total. The van der Waals surface area contributed by atoms with E-state index in [1.807, 2.05) is 0 Å². The molecule has 2 heterocycles. The van der Waals surface area contributed by atoms with Gasteiger partial charge in [0.25, 0.3) is 0 Å². The molecule has 3 aromatic carbocycles. The molecule has 136 valence electrons. The van der Waals surface area contributed by atoms with Crippen molar-refractivity contribution in [2.45, 2.75) is 32.7 Å². The van der Waals surface area contributed by atoms with Crippen molar-refractivity contribution in [3.05, 3.63) is 82.9 Å². The van der Waals surface area contributed by atoms with Crippen LogP contribution in [-0.2, 0) is 19.4 Å². The molecule has 3 aromatic rings. The average molecular weight is 354 g/mol. The second-order valence-corrected chi connectivity index (χ2v) is 7.79. The number of para-hydroxylation sites is 1. The van der Waals surface area contributed by atoms with Gasteiger partial charge in [-0.05, 0) is 84.3 Å². The molecule has 2 aliphatic heterocycles. The number of fused-ring (bicyclic) bond motifs is 2. The fourth-order valence-electron chi connectivity index (χ4n) is 4.59. The van der Waals surface area contributed by atoms with Crippen LogP contribution in [0.2, 0.25) is 0 Å². The Kier molecular flexibility index (Phi) is 4.21. The number of hydrogen-bond acceptors (Lipinski definition) is 2. The van der Waals surface area contributed by atoms with Crippen LogP contribution in [0.15, 0.2) is 60.7 Å². The summed E-state index contributed by atoms with van der Waals surface area (Å²) in [7, 11) is 0. The van der Waals surface area contributed by atoms with Crippen LogP contribution >= 0.6 is 0 Å². The maximum atomic E-state index is 3.46. The molecule has 0 aromatic heterocycles. The molecule has 0 fully saturated rings. The Balaban J connectivity index is 1.50. The molecule has 0 atom stereocenters. The summed E-state index contributed by atoms with van der Waals surface area (Å²) in [6, 6.07) is 22.8. The van der Waals surface area contributed by atoms with Gasteiger partial charge in [-0.1, -0.05) is 42.5 Å². The summed E-state index contributed by atoms with van der Waals surface area (Å²) in [4.78, 5) is 2.48. The molecule has 0 bridgehead atoms. The molecule has 0 saturated carbocycles. The Hall–Kier alpha value is -2.58. The molecule has 0 aliphatic carbocycles. The van der Waals surface area contributed by atoms with Crippen LogP contribution in [0.3, 0.4) is 0 Å². The molecule has 0 amide bonds. The molecule has 0 saturated heterocycles. The summed E-state index contributed by atoms with van der Waals surface area (Å²) in [6.07, 6.45) is 3.54. The second-order valence-electron chi connectivity index (χ2n) is 7.79. The molecule has 0 unspecified atom stereocenters. The summed E-state index contributed by atoms with van der Waals surface area (Å²) in [6.45, 7) is 5.43. The van der Waals surface area contributed by atoms with Crippen molar-refractivity contribution >= 4 is 11.4 Å². The van der Waals surface area contributed by atoms with Gasteiger partial charge in [-0.2, -0.15) is 0 Å². The van der Waals surface area contributed by atoms with Crippen molar-refractivity contribution in [3.8, 4) is 11.1 Å². The second kappa shape index (κ2) is 6.86. The summed E-state index contributed by atoms with van der Waals surface area (Å²) in [5.41, 5.74) is 11.1. The van der Waals surface area contributed by atoms with Gasteiger partial charge in [0, 0.05) is 24.5 Å². The Morgan fingerprint density at radius 3 is 2.70 bits per heavy atom. The van der Waals surface area contributed by atoms with Crippen molar-refractivity contribution in [3.63, 3.8) is 0 Å². The van der Waals surface area contributed by atoms with E-state index in [2.05, 4.69) is 77.8 Å². The Labute approximate surface area is 161 Å². The van der Waals surface area contributed by atoms with Crippen LogP contribution in [0.5, 0.6) is 0 Å². The van der Waals surface area contributed by atoms with Gasteiger partial charge in [0.15, 0.2) is 0 Å². The van der Waals surface area contributed by atoms with Crippen LogP contribution in [0.4, 0.5) is 11.4 Å². The number of benzene rings is 3. The van der Waals surface area contributed by atoms with Crippen molar-refractivity contribution in [2.75, 3.05) is 18.0 Å². The van der Waals surface area contributed by atoms with E-state index in [1.54, 1.807) is 0 Å². The fourth-order valence-corrected chi connectivity index (χ4v) is 4.59. The van der Waals surface area contributed by atoms with Gasteiger partial charge in [0.05, 0.1) is 0 Å². The van der Waals surface area contributed by atoms with Gasteiger partial charge in [-0.25, -0.2) is 0 Å². The maximum absolute atomic E-state index is 3.46. The van der Waals surface area contributed by atoms with E-state index in [9.17, 15) is 0 Å². The van der Waals surface area contributed by atoms with Crippen molar-refractivity contribution < 1.29 is 0 Å². The van der Waals surface area contributed by atoms with Crippen LogP contribution in [-0.4, -0.2) is 13.1 Å². The average Bonchev–Trinajstić information content (AvgIpc) is 2.73. The highest BCUT2D eigenvalue weighted by atomic mass is 15.1. The predicted molar refractivity (Wildman–Crippen MR) is 114 cm³/mol. The molecular weight excluding hydrogens is 328 g/mol. The lowest BCUT2D eigenvalue weighted by atomic mass is 9.93. The van der Waals surface area contributed by atoms with Gasteiger partial charge in [-0.3, -0.25) is 0 Å². The van der Waals surface area contributed by atoms with E-state index in [4.69, 9.17) is 0 Å². The third kappa shape index (κ3) is 3.04. The first-order chi connectivity index (χ1) is 13.3. The smallest absolute Gasteiger partial charge is 0.0443 e. The first-order valence-corrected chi connectivity index (χ1v) is 10.1. The fraction of sp³-hybridized carbons (Fsp3) is 0.280. The van der Waals surface area contributed by atoms with E-state index in [0.29, 0.717) is 0 Å². The Bertz CT molecular complexity index is 989. The van der Waals surface area contributed by atoms with Crippen LogP contribution in [0, 0.1) is 6.92 Å². The predicted octanol–water partition coefficient (Wildman–Crippen LogP) is 5.39. The molecule has 0 radical (unpaired) electrons. The van der Waals surface area contributed by atoms with Gasteiger partial charge in [-0.15, -0.1) is 0 Å². The lowest BCUT2D eigenvalue weighted by molar-refractivity contribution is 0.644. The minimum absolute atomic E-state index is 1.00. The SMILES string of the molecule is Cc1cc(N2CCCc3ccccc32)ccc1-c1ccc2c(c1)CCNC2. The minimum Gasteiger partial charge on any atom is -0.341 e. The number of anilines is 2. The third-order valence-corrected chi connectivity index (χ3v) is 6.04. The minimum atomic E-state index is 1.00. The van der Waals surface area contributed by atoms with E-state index in [0.717, 1.165) is 26.1 Å². The molecule has 0 spiro atoms. The first-order valence-electron chi connectivity index (χ1n) is 10.1. The molecule has 1 N–H and O–H groups in total. The lowest BCUT2D eigenvalue weighted by Crippen LogP contribution is -2.24. The quantitative estimate of drug-likeness (QED) is 0.663. The number of rotatable bonds is 2.